The van der Waals surface area contributed by atoms with Crippen molar-refractivity contribution in [3.63, 3.8) is 0 Å². The molecule has 0 saturated heterocycles. The summed E-state index contributed by atoms with van der Waals surface area (Å²) in [7, 11) is 0. The van der Waals surface area contributed by atoms with Gasteiger partial charge in [0.15, 0.2) is 0 Å². The van der Waals surface area contributed by atoms with Crippen LogP contribution < -0.4 is 5.32 Å². The molecule has 0 fully saturated rings. The molecule has 108 valence electrons. The molecule has 0 unspecified atom stereocenters. The fourth-order valence-electron chi connectivity index (χ4n) is 1.77. The second-order valence-corrected chi connectivity index (χ2v) is 4.71. The molecule has 0 aromatic heterocycles. The molecule has 7 heteroatoms. The van der Waals surface area contributed by atoms with E-state index >= 15 is 0 Å². The summed E-state index contributed by atoms with van der Waals surface area (Å²) < 4.78 is 0. The standard InChI is InChI=1S/C14H11ClN2O4/c15-11-4-1-9(2-5-11)8-16-12-7-10(14(18)19)3-6-13(12)17(20)21/h1-7,16H,8H2,(H,18,19). The molecule has 21 heavy (non-hydrogen) atoms. The number of nitro groups is 1. The molecule has 2 aromatic rings. The minimum Gasteiger partial charge on any atom is -0.478 e. The lowest BCUT2D eigenvalue weighted by Gasteiger charge is -2.08. The first-order chi connectivity index (χ1) is 9.97. The zero-order valence-electron chi connectivity index (χ0n) is 10.7. The van der Waals surface area contributed by atoms with Crippen LogP contribution in [0.5, 0.6) is 0 Å². The number of anilines is 1. The van der Waals surface area contributed by atoms with Gasteiger partial charge in [0, 0.05) is 17.6 Å². The summed E-state index contributed by atoms with van der Waals surface area (Å²) in [6.45, 7) is 0.321. The Labute approximate surface area is 125 Å². The van der Waals surface area contributed by atoms with Crippen molar-refractivity contribution in [2.75, 3.05) is 5.32 Å². The fraction of sp³-hybridized carbons (Fsp3) is 0.0714. The van der Waals surface area contributed by atoms with Crippen LogP contribution in [0.1, 0.15) is 15.9 Å². The zero-order chi connectivity index (χ0) is 15.4. The van der Waals surface area contributed by atoms with Gasteiger partial charge in [-0.05, 0) is 29.8 Å². The van der Waals surface area contributed by atoms with Gasteiger partial charge in [0.1, 0.15) is 5.69 Å². The largest absolute Gasteiger partial charge is 0.478 e. The molecule has 0 aliphatic heterocycles. The fourth-order valence-corrected chi connectivity index (χ4v) is 1.90. The van der Waals surface area contributed by atoms with Crippen LogP contribution in [0.15, 0.2) is 42.5 Å². The molecule has 0 aliphatic rings. The smallest absolute Gasteiger partial charge is 0.335 e. The number of aromatic carboxylic acids is 1. The molecule has 0 amide bonds. The molecule has 0 bridgehead atoms. The van der Waals surface area contributed by atoms with Crippen LogP contribution >= 0.6 is 11.6 Å². The van der Waals surface area contributed by atoms with Crippen molar-refractivity contribution >= 4 is 28.9 Å². The topological polar surface area (TPSA) is 92.5 Å². The molecule has 0 spiro atoms. The van der Waals surface area contributed by atoms with Crippen LogP contribution in [0.25, 0.3) is 0 Å². The second kappa shape index (κ2) is 6.23. The first-order valence-corrected chi connectivity index (χ1v) is 6.35. The summed E-state index contributed by atoms with van der Waals surface area (Å²) in [6.07, 6.45) is 0. The lowest BCUT2D eigenvalue weighted by atomic mass is 10.1. The minimum atomic E-state index is -1.14. The van der Waals surface area contributed by atoms with Gasteiger partial charge in [-0.15, -0.1) is 0 Å². The molecule has 6 nitrogen and oxygen atoms in total. The van der Waals surface area contributed by atoms with Crippen LogP contribution in [0.2, 0.25) is 5.02 Å². The predicted octanol–water partition coefficient (Wildman–Crippen LogP) is 3.56. The highest BCUT2D eigenvalue weighted by Crippen LogP contribution is 2.26. The van der Waals surface area contributed by atoms with Crippen molar-refractivity contribution in [1.29, 1.82) is 0 Å². The van der Waals surface area contributed by atoms with Crippen molar-refractivity contribution in [2.45, 2.75) is 6.54 Å². The highest BCUT2D eigenvalue weighted by Gasteiger charge is 2.16. The van der Waals surface area contributed by atoms with Gasteiger partial charge in [-0.25, -0.2) is 4.79 Å². The Morgan fingerprint density at radius 1 is 1.24 bits per heavy atom. The van der Waals surface area contributed by atoms with Crippen LogP contribution in [0.4, 0.5) is 11.4 Å². The van der Waals surface area contributed by atoms with Gasteiger partial charge in [0.25, 0.3) is 5.69 Å². The first kappa shape index (κ1) is 14.8. The van der Waals surface area contributed by atoms with Crippen LogP contribution in [0, 0.1) is 10.1 Å². The number of carbonyl (C=O) groups is 1. The van der Waals surface area contributed by atoms with E-state index in [0.29, 0.717) is 11.6 Å². The van der Waals surface area contributed by atoms with E-state index in [2.05, 4.69) is 5.32 Å². The molecular weight excluding hydrogens is 296 g/mol. The molecule has 2 rings (SSSR count). The van der Waals surface area contributed by atoms with E-state index in [1.54, 1.807) is 24.3 Å². The van der Waals surface area contributed by atoms with Crippen molar-refractivity contribution in [3.8, 4) is 0 Å². The summed E-state index contributed by atoms with van der Waals surface area (Å²) >= 11 is 5.78. The Morgan fingerprint density at radius 2 is 1.90 bits per heavy atom. The van der Waals surface area contributed by atoms with Crippen molar-refractivity contribution in [2.24, 2.45) is 0 Å². The number of nitro benzene ring substituents is 1. The van der Waals surface area contributed by atoms with E-state index in [0.717, 1.165) is 5.56 Å². The van der Waals surface area contributed by atoms with Gasteiger partial charge in [-0.3, -0.25) is 10.1 Å². The average molecular weight is 307 g/mol. The average Bonchev–Trinajstić information content (AvgIpc) is 2.46. The van der Waals surface area contributed by atoms with Crippen molar-refractivity contribution in [3.05, 3.63) is 68.7 Å². The molecule has 0 heterocycles. The minimum absolute atomic E-state index is 0.0146. The summed E-state index contributed by atoms with van der Waals surface area (Å²) in [4.78, 5) is 21.3. The second-order valence-electron chi connectivity index (χ2n) is 4.27. The SMILES string of the molecule is O=C(O)c1ccc([N+](=O)[O-])c(NCc2ccc(Cl)cc2)c1. The van der Waals surface area contributed by atoms with Crippen LogP contribution in [0.3, 0.4) is 0 Å². The molecule has 2 aromatic carbocycles. The summed E-state index contributed by atoms with van der Waals surface area (Å²) in [5.41, 5.74) is 0.845. The van der Waals surface area contributed by atoms with E-state index < -0.39 is 10.9 Å². The van der Waals surface area contributed by atoms with E-state index in [-0.39, 0.29) is 16.9 Å². The predicted molar refractivity (Wildman–Crippen MR) is 78.8 cm³/mol. The number of hydrogen-bond donors (Lipinski definition) is 2. The number of nitrogens with one attached hydrogen (secondary N) is 1. The van der Waals surface area contributed by atoms with E-state index in [4.69, 9.17) is 16.7 Å². The monoisotopic (exact) mass is 306 g/mol. The maximum Gasteiger partial charge on any atom is 0.335 e. The van der Waals surface area contributed by atoms with Gasteiger partial charge in [0.05, 0.1) is 10.5 Å². The number of halogens is 1. The van der Waals surface area contributed by atoms with E-state index in [9.17, 15) is 14.9 Å². The van der Waals surface area contributed by atoms with Gasteiger partial charge < -0.3 is 10.4 Å². The molecule has 0 aliphatic carbocycles. The van der Waals surface area contributed by atoms with Crippen LogP contribution in [-0.2, 0) is 6.54 Å². The highest BCUT2D eigenvalue weighted by molar-refractivity contribution is 6.30. The quantitative estimate of drug-likeness (QED) is 0.651. The third-order valence-corrected chi connectivity index (χ3v) is 3.09. The normalized spacial score (nSPS) is 10.1. The number of benzene rings is 2. The van der Waals surface area contributed by atoms with Crippen molar-refractivity contribution in [1.82, 2.24) is 0 Å². The molecule has 0 atom stereocenters. The Kier molecular flexibility index (Phi) is 4.39. The molecule has 0 radical (unpaired) electrons. The number of carboxylic acid groups (broad SMARTS) is 1. The number of carboxylic acids is 1. The van der Waals surface area contributed by atoms with Crippen LogP contribution in [-0.4, -0.2) is 16.0 Å². The Hall–Kier alpha value is -2.60. The third-order valence-electron chi connectivity index (χ3n) is 2.84. The molecule has 2 N–H and O–H groups in total. The zero-order valence-corrected chi connectivity index (χ0v) is 11.5. The lowest BCUT2D eigenvalue weighted by molar-refractivity contribution is -0.384. The van der Waals surface area contributed by atoms with E-state index in [1.165, 1.54) is 18.2 Å². The molecular formula is C14H11ClN2O4. The van der Waals surface area contributed by atoms with Gasteiger partial charge in [0.2, 0.25) is 0 Å². The number of rotatable bonds is 5. The summed E-state index contributed by atoms with van der Waals surface area (Å²) in [5.74, 6) is -1.14. The van der Waals surface area contributed by atoms with Gasteiger partial charge in [-0.2, -0.15) is 0 Å². The Morgan fingerprint density at radius 3 is 2.48 bits per heavy atom. The molecule has 0 saturated carbocycles. The third kappa shape index (κ3) is 3.70. The maximum absolute atomic E-state index is 11.0. The highest BCUT2D eigenvalue weighted by atomic mass is 35.5. The van der Waals surface area contributed by atoms with Gasteiger partial charge >= 0.3 is 5.97 Å². The van der Waals surface area contributed by atoms with Crippen molar-refractivity contribution < 1.29 is 14.8 Å². The Balaban J connectivity index is 2.24. The van der Waals surface area contributed by atoms with Gasteiger partial charge in [-0.1, -0.05) is 23.7 Å². The first-order valence-electron chi connectivity index (χ1n) is 5.97. The number of hydrogen-bond acceptors (Lipinski definition) is 4. The maximum atomic E-state index is 11.0. The lowest BCUT2D eigenvalue weighted by Crippen LogP contribution is -2.05. The summed E-state index contributed by atoms with van der Waals surface area (Å²) in [5, 5.41) is 23.4. The Bertz CT molecular complexity index is 686. The summed E-state index contributed by atoms with van der Waals surface area (Å²) in [6, 6.07) is 10.6. The number of nitrogens with zero attached hydrogens (tertiary/aromatic N) is 1. The van der Waals surface area contributed by atoms with E-state index in [1.807, 2.05) is 0 Å².